The van der Waals surface area contributed by atoms with Crippen molar-refractivity contribution in [3.05, 3.63) is 44.8 Å². The van der Waals surface area contributed by atoms with Crippen LogP contribution in [0.3, 0.4) is 0 Å². The van der Waals surface area contributed by atoms with Crippen LogP contribution in [0, 0.1) is 0 Å². The average Bonchev–Trinajstić information content (AvgIpc) is 2.57. The van der Waals surface area contributed by atoms with Gasteiger partial charge in [-0.1, -0.05) is 13.8 Å². The molecule has 4 nitrogen and oxygen atoms in total. The monoisotopic (exact) mass is 488 g/mol. The number of hydrogen-bond donors (Lipinski definition) is 1. The molecule has 0 bridgehead atoms. The van der Waals surface area contributed by atoms with Crippen molar-refractivity contribution in [2.24, 2.45) is 0 Å². The molecule has 0 unspecified atom stereocenters. The number of phenolic OH excluding ortho intramolecular Hbond substituents is 1. The van der Waals surface area contributed by atoms with Crippen LogP contribution in [0.1, 0.15) is 25.3 Å². The minimum Gasteiger partial charge on any atom is -0.508 e. The van der Waals surface area contributed by atoms with E-state index in [0.29, 0.717) is 11.5 Å². The summed E-state index contributed by atoms with van der Waals surface area (Å²) in [6.07, 6.45) is 0. The predicted molar refractivity (Wildman–Crippen MR) is 107 cm³/mol. The number of aromatic hydroxyl groups is 1. The second kappa shape index (κ2) is 8.96. The van der Waals surface area contributed by atoms with Gasteiger partial charge in [-0.3, -0.25) is 4.79 Å². The highest BCUT2D eigenvalue weighted by Crippen LogP contribution is 2.41. The Hall–Kier alpha value is -1.18. The molecule has 0 amide bonds. The molecule has 0 aromatic heterocycles. The third kappa shape index (κ3) is 5.39. The third-order valence-electron chi connectivity index (χ3n) is 3.40. The lowest BCUT2D eigenvalue weighted by molar-refractivity contribution is -0.137. The number of carbonyl (C=O) groups is 1. The van der Waals surface area contributed by atoms with E-state index in [1.807, 2.05) is 32.0 Å². The number of halogens is 2. The molecule has 0 fully saturated rings. The molecular weight excluding hydrogens is 472 g/mol. The maximum Gasteiger partial charge on any atom is 0.315 e. The van der Waals surface area contributed by atoms with Gasteiger partial charge in [0.05, 0.1) is 21.8 Å². The number of phenols is 1. The number of ether oxygens (including phenoxy) is 2. The van der Waals surface area contributed by atoms with Gasteiger partial charge in [-0.25, -0.2) is 0 Å². The minimum absolute atomic E-state index is 0.188. The van der Waals surface area contributed by atoms with Gasteiger partial charge in [0.2, 0.25) is 0 Å². The number of methoxy groups -OCH3 is 1. The summed E-state index contributed by atoms with van der Waals surface area (Å²) in [5.74, 6) is 1.68. The van der Waals surface area contributed by atoms with Crippen LogP contribution in [-0.2, 0) is 9.53 Å². The molecule has 2 rings (SSSR count). The molecule has 0 saturated carbocycles. The molecule has 2 aromatic carbocycles. The van der Waals surface area contributed by atoms with Crippen LogP contribution in [-0.4, -0.2) is 23.9 Å². The molecule has 0 aliphatic rings. The molecule has 0 heterocycles. The minimum atomic E-state index is -0.275. The Balaban J connectivity index is 2.23. The van der Waals surface area contributed by atoms with Crippen LogP contribution in [0.15, 0.2) is 44.2 Å². The maximum absolute atomic E-state index is 11.3. The summed E-state index contributed by atoms with van der Waals surface area (Å²) in [5, 5.41) is 9.93. The number of benzene rings is 2. The number of thioether (sulfide) groups is 1. The second-order valence-corrected chi connectivity index (χ2v) is 8.32. The molecular formula is C18H18Br2O4S. The van der Waals surface area contributed by atoms with E-state index < -0.39 is 0 Å². The normalized spacial score (nSPS) is 10.8. The van der Waals surface area contributed by atoms with E-state index >= 15 is 0 Å². The van der Waals surface area contributed by atoms with E-state index in [2.05, 4.69) is 36.6 Å². The van der Waals surface area contributed by atoms with E-state index in [1.165, 1.54) is 18.9 Å². The highest BCUT2D eigenvalue weighted by atomic mass is 79.9. The fourth-order valence-corrected chi connectivity index (χ4v) is 4.55. The van der Waals surface area contributed by atoms with Gasteiger partial charge in [0.15, 0.2) is 5.75 Å². The Morgan fingerprint density at radius 1 is 1.20 bits per heavy atom. The lowest BCUT2D eigenvalue weighted by Gasteiger charge is -2.14. The zero-order chi connectivity index (χ0) is 18.6. The molecule has 134 valence electrons. The topological polar surface area (TPSA) is 55.8 Å². The summed E-state index contributed by atoms with van der Waals surface area (Å²) in [5.41, 5.74) is 0.829. The summed E-state index contributed by atoms with van der Waals surface area (Å²) in [7, 11) is 1.37. The molecule has 0 radical (unpaired) electrons. The van der Waals surface area contributed by atoms with Crippen LogP contribution < -0.4 is 4.74 Å². The van der Waals surface area contributed by atoms with E-state index in [0.717, 1.165) is 19.4 Å². The Kier molecular flexibility index (Phi) is 7.22. The predicted octanol–water partition coefficient (Wildman–Crippen LogP) is 6.10. The lowest BCUT2D eigenvalue weighted by atomic mass is 10.0. The van der Waals surface area contributed by atoms with Gasteiger partial charge < -0.3 is 14.6 Å². The van der Waals surface area contributed by atoms with Gasteiger partial charge in [-0.15, -0.1) is 11.8 Å². The molecule has 0 atom stereocenters. The first-order chi connectivity index (χ1) is 11.8. The van der Waals surface area contributed by atoms with Crippen molar-refractivity contribution >= 4 is 49.6 Å². The van der Waals surface area contributed by atoms with Crippen molar-refractivity contribution in [1.29, 1.82) is 0 Å². The van der Waals surface area contributed by atoms with Crippen LogP contribution in [0.25, 0.3) is 0 Å². The maximum atomic E-state index is 11.3. The fraction of sp³-hybridized carbons (Fsp3) is 0.278. The molecule has 25 heavy (non-hydrogen) atoms. The number of rotatable bonds is 6. The standard InChI is InChI=1S/C18H18Br2O4S/c1-10(2)13-6-11(4-5-16(13)21)24-18-14(19)7-12(8-15(18)20)25-9-17(22)23-3/h4-8,10,21H,9H2,1-3H3. The van der Waals surface area contributed by atoms with Crippen LogP contribution in [0.5, 0.6) is 17.2 Å². The fourth-order valence-electron chi connectivity index (χ4n) is 2.10. The van der Waals surface area contributed by atoms with Crippen LogP contribution in [0.2, 0.25) is 0 Å². The molecule has 7 heteroatoms. The zero-order valence-electron chi connectivity index (χ0n) is 14.0. The van der Waals surface area contributed by atoms with Gasteiger partial charge in [0.1, 0.15) is 11.5 Å². The molecule has 0 aliphatic heterocycles. The van der Waals surface area contributed by atoms with E-state index in [1.54, 1.807) is 12.1 Å². The number of carbonyl (C=O) groups excluding carboxylic acids is 1. The summed E-state index contributed by atoms with van der Waals surface area (Å²) < 4.78 is 12.1. The van der Waals surface area contributed by atoms with Crippen molar-refractivity contribution in [1.82, 2.24) is 0 Å². The molecule has 1 N–H and O–H groups in total. The summed E-state index contributed by atoms with van der Waals surface area (Å²) in [4.78, 5) is 12.2. The average molecular weight is 490 g/mol. The molecule has 0 spiro atoms. The molecule has 0 aliphatic carbocycles. The van der Waals surface area contributed by atoms with Gasteiger partial charge in [-0.05, 0) is 68.1 Å². The Morgan fingerprint density at radius 3 is 2.40 bits per heavy atom. The van der Waals surface area contributed by atoms with E-state index in [9.17, 15) is 9.90 Å². The van der Waals surface area contributed by atoms with Gasteiger partial charge >= 0.3 is 5.97 Å². The van der Waals surface area contributed by atoms with Crippen molar-refractivity contribution in [3.63, 3.8) is 0 Å². The Labute approximate surface area is 168 Å². The van der Waals surface area contributed by atoms with Crippen molar-refractivity contribution in [2.45, 2.75) is 24.7 Å². The summed E-state index contributed by atoms with van der Waals surface area (Å²) >= 11 is 8.40. The van der Waals surface area contributed by atoms with Crippen LogP contribution >= 0.6 is 43.6 Å². The SMILES string of the molecule is COC(=O)CSc1cc(Br)c(Oc2ccc(O)c(C(C)C)c2)c(Br)c1. The first kappa shape index (κ1) is 20.1. The van der Waals surface area contributed by atoms with Crippen molar-refractivity contribution < 1.29 is 19.4 Å². The van der Waals surface area contributed by atoms with Crippen LogP contribution in [0.4, 0.5) is 0 Å². The zero-order valence-corrected chi connectivity index (χ0v) is 18.0. The molecule has 2 aromatic rings. The second-order valence-electron chi connectivity index (χ2n) is 5.56. The van der Waals surface area contributed by atoms with Crippen molar-refractivity contribution in [2.75, 3.05) is 12.9 Å². The first-order valence-corrected chi connectivity index (χ1v) is 10.1. The first-order valence-electron chi connectivity index (χ1n) is 7.51. The van der Waals surface area contributed by atoms with Gasteiger partial charge in [0, 0.05) is 10.5 Å². The number of hydrogen-bond acceptors (Lipinski definition) is 5. The van der Waals surface area contributed by atoms with E-state index in [4.69, 9.17) is 4.74 Å². The Bertz CT molecular complexity index is 755. The van der Waals surface area contributed by atoms with Crippen molar-refractivity contribution in [3.8, 4) is 17.2 Å². The Morgan fingerprint density at radius 2 is 1.84 bits per heavy atom. The van der Waals surface area contributed by atoms with Gasteiger partial charge in [-0.2, -0.15) is 0 Å². The summed E-state index contributed by atoms with van der Waals surface area (Å²) in [6.45, 7) is 4.02. The smallest absolute Gasteiger partial charge is 0.315 e. The number of esters is 1. The van der Waals surface area contributed by atoms with E-state index in [-0.39, 0.29) is 23.4 Å². The third-order valence-corrected chi connectivity index (χ3v) is 5.52. The highest BCUT2D eigenvalue weighted by molar-refractivity contribution is 9.11. The highest BCUT2D eigenvalue weighted by Gasteiger charge is 2.14. The largest absolute Gasteiger partial charge is 0.508 e. The van der Waals surface area contributed by atoms with Gasteiger partial charge in [0.25, 0.3) is 0 Å². The summed E-state index contributed by atoms with van der Waals surface area (Å²) in [6, 6.07) is 8.96. The molecule has 0 saturated heterocycles. The quantitative estimate of drug-likeness (QED) is 0.392. The lowest BCUT2D eigenvalue weighted by Crippen LogP contribution is -2.02.